The molecule has 11 heteroatoms. The van der Waals surface area contributed by atoms with E-state index in [4.69, 9.17) is 16.3 Å². The van der Waals surface area contributed by atoms with Gasteiger partial charge in [-0.25, -0.2) is 0 Å². The third kappa shape index (κ3) is 8.72. The van der Waals surface area contributed by atoms with Crippen molar-refractivity contribution in [2.75, 3.05) is 31.8 Å². The monoisotopic (exact) mass is 749 g/mol. The number of thioether (sulfide) groups is 1. The first-order valence-corrected chi connectivity index (χ1v) is 19.1. The van der Waals surface area contributed by atoms with E-state index in [-0.39, 0.29) is 29.9 Å². The number of nitrogens with one attached hydrogen (secondary N) is 1. The van der Waals surface area contributed by atoms with Gasteiger partial charge >= 0.3 is 0 Å². The number of allylic oxidation sites excluding steroid dienone is 1. The minimum absolute atomic E-state index is 0.0245. The molecule has 0 saturated carbocycles. The van der Waals surface area contributed by atoms with Gasteiger partial charge in [0, 0.05) is 30.7 Å². The Bertz CT molecular complexity index is 2020. The summed E-state index contributed by atoms with van der Waals surface area (Å²) in [6, 6.07) is 32.6. The third-order valence-corrected chi connectivity index (χ3v) is 10.7. The van der Waals surface area contributed by atoms with E-state index in [9.17, 15) is 24.0 Å². The fourth-order valence-corrected chi connectivity index (χ4v) is 7.82. The zero-order chi connectivity index (χ0) is 37.3. The first-order valence-electron chi connectivity index (χ1n) is 17.6. The summed E-state index contributed by atoms with van der Waals surface area (Å²) in [4.78, 5) is 66.6. The van der Waals surface area contributed by atoms with Gasteiger partial charge in [-0.2, -0.15) is 0 Å². The van der Waals surface area contributed by atoms with Crippen LogP contribution in [-0.4, -0.2) is 77.2 Å². The Balaban J connectivity index is 1.00. The van der Waals surface area contributed by atoms with E-state index in [1.54, 1.807) is 30.1 Å². The van der Waals surface area contributed by atoms with Crippen LogP contribution < -0.4 is 10.1 Å². The molecule has 1 N–H and O–H groups in total. The van der Waals surface area contributed by atoms with Gasteiger partial charge in [0.25, 0.3) is 11.8 Å². The highest BCUT2D eigenvalue weighted by Gasteiger charge is 2.45. The summed E-state index contributed by atoms with van der Waals surface area (Å²) in [5.74, 6) is -0.404. The van der Waals surface area contributed by atoms with Gasteiger partial charge in [0.15, 0.2) is 0 Å². The lowest BCUT2D eigenvalue weighted by Crippen LogP contribution is -2.54. The Morgan fingerprint density at radius 2 is 1.53 bits per heavy atom. The normalized spacial score (nSPS) is 15.9. The number of amides is 5. The Kier molecular flexibility index (Phi) is 12.4. The number of ether oxygens (including phenoxy) is 1. The van der Waals surface area contributed by atoms with Crippen molar-refractivity contribution in [1.82, 2.24) is 15.1 Å². The van der Waals surface area contributed by atoms with E-state index in [2.05, 4.69) is 41.7 Å². The molecule has 0 spiro atoms. The number of fused-ring (bicyclic) bond motifs is 1. The molecule has 5 amide bonds. The summed E-state index contributed by atoms with van der Waals surface area (Å²) in [6.07, 6.45) is 1.75. The second-order valence-electron chi connectivity index (χ2n) is 12.8. The van der Waals surface area contributed by atoms with Crippen molar-refractivity contribution in [2.24, 2.45) is 0 Å². The molecule has 9 nitrogen and oxygen atoms in total. The number of nitrogens with zero attached hydrogens (tertiary/aromatic N) is 2. The van der Waals surface area contributed by atoms with Gasteiger partial charge in [-0.1, -0.05) is 78.9 Å². The summed E-state index contributed by atoms with van der Waals surface area (Å²) in [6.45, 7) is 0.741. The molecule has 0 bridgehead atoms. The van der Waals surface area contributed by atoms with Gasteiger partial charge in [-0.05, 0) is 77.1 Å². The van der Waals surface area contributed by atoms with Crippen molar-refractivity contribution in [3.8, 4) is 5.75 Å². The topological polar surface area (TPSA) is 113 Å². The molecular formula is C42H40ClN3O6S. The van der Waals surface area contributed by atoms with E-state index in [0.717, 1.165) is 27.2 Å². The predicted octanol–water partition coefficient (Wildman–Crippen LogP) is 7.09. The van der Waals surface area contributed by atoms with Crippen LogP contribution in [0.25, 0.3) is 11.1 Å². The average Bonchev–Trinajstić information content (AvgIpc) is 3.43. The molecule has 53 heavy (non-hydrogen) atoms. The van der Waals surface area contributed by atoms with Crippen molar-refractivity contribution in [1.29, 1.82) is 0 Å². The van der Waals surface area contributed by atoms with Gasteiger partial charge in [-0.3, -0.25) is 34.2 Å². The van der Waals surface area contributed by atoms with Crippen molar-refractivity contribution in [3.63, 3.8) is 0 Å². The van der Waals surface area contributed by atoms with E-state index >= 15 is 0 Å². The molecule has 272 valence electrons. The molecule has 1 fully saturated rings. The van der Waals surface area contributed by atoms with Gasteiger partial charge in [-0.15, -0.1) is 23.4 Å². The largest absolute Gasteiger partial charge is 0.492 e. The van der Waals surface area contributed by atoms with Crippen molar-refractivity contribution < 1.29 is 28.7 Å². The maximum atomic E-state index is 13.3. The molecule has 0 radical (unpaired) electrons. The third-order valence-electron chi connectivity index (χ3n) is 9.32. The number of alkyl halides is 1. The van der Waals surface area contributed by atoms with Crippen LogP contribution >= 0.6 is 23.4 Å². The molecule has 2 heterocycles. The maximum absolute atomic E-state index is 13.3. The molecule has 2 aliphatic rings. The fraction of sp³-hybridized carbons (Fsp3) is 0.262. The van der Waals surface area contributed by atoms with Gasteiger partial charge in [0.05, 0.1) is 17.7 Å². The summed E-state index contributed by atoms with van der Waals surface area (Å²) < 4.78 is 6.03. The number of benzene rings is 4. The first-order chi connectivity index (χ1) is 25.8. The lowest BCUT2D eigenvalue weighted by molar-refractivity contribution is -0.136. The molecule has 4 aromatic carbocycles. The summed E-state index contributed by atoms with van der Waals surface area (Å²) in [7, 11) is 1.75. The van der Waals surface area contributed by atoms with E-state index in [0.29, 0.717) is 54.7 Å². The van der Waals surface area contributed by atoms with Gasteiger partial charge in [0.1, 0.15) is 18.4 Å². The summed E-state index contributed by atoms with van der Waals surface area (Å²) in [5, 5.41) is 2.22. The Hall–Kier alpha value is -5.19. The fourth-order valence-electron chi connectivity index (χ4n) is 6.61. The highest BCUT2D eigenvalue weighted by Crippen LogP contribution is 2.36. The smallest absolute Gasteiger partial charge is 0.263 e. The molecule has 0 aliphatic carbocycles. The lowest BCUT2D eigenvalue weighted by Gasteiger charge is -2.27. The Morgan fingerprint density at radius 3 is 2.21 bits per heavy atom. The van der Waals surface area contributed by atoms with Crippen LogP contribution in [-0.2, 0) is 14.4 Å². The van der Waals surface area contributed by atoms with Crippen molar-refractivity contribution >= 4 is 64.0 Å². The van der Waals surface area contributed by atoms with Crippen LogP contribution in [0.1, 0.15) is 69.5 Å². The number of piperidine rings is 1. The second-order valence-corrected chi connectivity index (χ2v) is 14.3. The molecule has 6 rings (SSSR count). The molecule has 1 unspecified atom stereocenters. The van der Waals surface area contributed by atoms with Crippen LogP contribution in [0.5, 0.6) is 5.75 Å². The van der Waals surface area contributed by atoms with Gasteiger partial charge < -0.3 is 9.64 Å². The molecule has 4 aromatic rings. The first kappa shape index (κ1) is 37.6. The van der Waals surface area contributed by atoms with Crippen molar-refractivity contribution in [3.05, 3.63) is 131 Å². The number of halogens is 1. The number of carbonyl (C=O) groups excluding carboxylic acids is 5. The zero-order valence-electron chi connectivity index (χ0n) is 29.4. The highest BCUT2D eigenvalue weighted by molar-refractivity contribution is 7.99. The number of hydrogen-bond acceptors (Lipinski definition) is 7. The number of rotatable bonds is 15. The molecule has 2 aliphatic heterocycles. The molecular weight excluding hydrogens is 710 g/mol. The molecule has 1 atom stereocenters. The minimum Gasteiger partial charge on any atom is -0.492 e. The summed E-state index contributed by atoms with van der Waals surface area (Å²) >= 11 is 7.69. The lowest BCUT2D eigenvalue weighted by atomic mass is 9.88. The van der Waals surface area contributed by atoms with Crippen LogP contribution in [0.3, 0.4) is 0 Å². The summed E-state index contributed by atoms with van der Waals surface area (Å²) in [5.41, 5.74) is 6.10. The SMILES string of the molecule is CN(CCOc1ccc(C(=C(CCCl)c2ccccc2)c2ccccc2)cc1)C(=O)CCCSc1cccc2c1C(=O)N(C1CCC(=O)NC1=O)C2=O. The quantitative estimate of drug-likeness (QED) is 0.0454. The molecule has 0 aromatic heterocycles. The van der Waals surface area contributed by atoms with Crippen LogP contribution in [0.2, 0.25) is 0 Å². The standard InChI is InChI=1S/C42H40ClN3O6S/c1-45(37(48)16-9-27-53-35-15-8-14-33-39(35)42(51)46(41(33)50)34-21-22-36(47)44-40(34)49)25-26-52-31-19-17-30(18-20-31)38(29-12-6-3-7-13-29)32(23-24-43)28-10-4-2-5-11-28/h2-8,10-15,17-20,34H,9,16,21-27H2,1H3,(H,44,47,49). The second kappa shape index (κ2) is 17.6. The van der Waals surface area contributed by atoms with Gasteiger partial charge in [0.2, 0.25) is 17.7 Å². The van der Waals surface area contributed by atoms with E-state index in [1.165, 1.54) is 17.3 Å². The Labute approximate surface area is 318 Å². The number of likely N-dealkylation sites (N-methyl/N-ethyl adjacent to an activating group) is 1. The van der Waals surface area contributed by atoms with Crippen molar-refractivity contribution in [2.45, 2.75) is 43.0 Å². The predicted molar refractivity (Wildman–Crippen MR) is 207 cm³/mol. The zero-order valence-corrected chi connectivity index (χ0v) is 31.0. The highest BCUT2D eigenvalue weighted by atomic mass is 35.5. The van der Waals surface area contributed by atoms with Crippen LogP contribution in [0, 0.1) is 0 Å². The Morgan fingerprint density at radius 1 is 0.849 bits per heavy atom. The average molecular weight is 750 g/mol. The number of carbonyl (C=O) groups is 5. The van der Waals surface area contributed by atoms with Crippen LogP contribution in [0.15, 0.2) is 108 Å². The maximum Gasteiger partial charge on any atom is 0.263 e. The molecule has 1 saturated heterocycles. The van der Waals surface area contributed by atoms with E-state index in [1.807, 2.05) is 48.5 Å². The number of hydrogen-bond donors (Lipinski definition) is 1. The van der Waals surface area contributed by atoms with E-state index < -0.39 is 29.7 Å². The minimum atomic E-state index is -1.02. The number of imide groups is 2. The van der Waals surface area contributed by atoms with Crippen LogP contribution in [0.4, 0.5) is 0 Å².